The molecule has 6 heteroatoms. The molecule has 0 fully saturated rings. The van der Waals surface area contributed by atoms with Crippen LogP contribution in [0.5, 0.6) is 0 Å². The van der Waals surface area contributed by atoms with Crippen LogP contribution < -0.4 is 4.89 Å². The largest absolute Gasteiger partial charge is 0.290 e. The van der Waals surface area contributed by atoms with Crippen LogP contribution in [0, 0.1) is 6.92 Å². The van der Waals surface area contributed by atoms with Gasteiger partial charge in [0.25, 0.3) is 10.0 Å². The van der Waals surface area contributed by atoms with Gasteiger partial charge >= 0.3 is 0 Å². The van der Waals surface area contributed by atoms with Gasteiger partial charge in [-0.05, 0) is 24.6 Å². The van der Waals surface area contributed by atoms with Gasteiger partial charge in [0.05, 0.1) is 12.0 Å². The molecule has 0 spiro atoms. The van der Waals surface area contributed by atoms with E-state index in [0.717, 1.165) is 5.56 Å². The van der Waals surface area contributed by atoms with Crippen LogP contribution in [0.3, 0.4) is 0 Å². The quantitative estimate of drug-likeness (QED) is 0.808. The first kappa shape index (κ1) is 11.5. The van der Waals surface area contributed by atoms with E-state index in [0.29, 0.717) is 5.02 Å². The van der Waals surface area contributed by atoms with E-state index in [9.17, 15) is 8.42 Å². The average Bonchev–Trinajstić information content (AvgIpc) is 2.09. The van der Waals surface area contributed by atoms with Crippen LogP contribution >= 0.6 is 11.6 Å². The molecule has 14 heavy (non-hydrogen) atoms. The van der Waals surface area contributed by atoms with Crippen molar-refractivity contribution in [2.24, 2.45) is 0 Å². The summed E-state index contributed by atoms with van der Waals surface area (Å²) < 4.78 is 22.8. The number of hydrogen-bond donors (Lipinski definition) is 1. The summed E-state index contributed by atoms with van der Waals surface area (Å²) >= 11 is 5.79. The Hall–Kier alpha value is -0.620. The molecular weight excluding hydrogens is 226 g/mol. The summed E-state index contributed by atoms with van der Waals surface area (Å²) in [5.74, 6) is 0. The molecule has 0 saturated heterocycles. The topological polar surface area (TPSA) is 55.4 Å². The summed E-state index contributed by atoms with van der Waals surface area (Å²) in [5, 5.41) is 0.406. The van der Waals surface area contributed by atoms with Crippen molar-refractivity contribution in [3.63, 3.8) is 0 Å². The highest BCUT2D eigenvalue weighted by Gasteiger charge is 2.14. The van der Waals surface area contributed by atoms with Crippen molar-refractivity contribution in [3.8, 4) is 0 Å². The maximum atomic E-state index is 11.4. The highest BCUT2D eigenvalue weighted by Crippen LogP contribution is 2.19. The van der Waals surface area contributed by atoms with Crippen molar-refractivity contribution in [1.29, 1.82) is 0 Å². The molecule has 4 nitrogen and oxygen atoms in total. The van der Waals surface area contributed by atoms with Crippen molar-refractivity contribution in [2.75, 3.05) is 7.11 Å². The summed E-state index contributed by atoms with van der Waals surface area (Å²) in [6.07, 6.45) is 0. The van der Waals surface area contributed by atoms with Gasteiger partial charge in [-0.15, -0.1) is 0 Å². The Morgan fingerprint density at radius 1 is 1.43 bits per heavy atom. The monoisotopic (exact) mass is 235 g/mol. The van der Waals surface area contributed by atoms with E-state index in [1.807, 2.05) is 4.89 Å². The van der Waals surface area contributed by atoms with Gasteiger partial charge in [0.1, 0.15) is 0 Å². The zero-order valence-electron chi connectivity index (χ0n) is 7.74. The molecule has 0 aliphatic heterocycles. The molecule has 0 atom stereocenters. The van der Waals surface area contributed by atoms with Gasteiger partial charge in [-0.25, -0.2) is 8.42 Å². The van der Waals surface area contributed by atoms with Crippen LogP contribution in [0.15, 0.2) is 23.1 Å². The average molecular weight is 236 g/mol. The second kappa shape index (κ2) is 4.27. The number of nitrogens with one attached hydrogen (secondary N) is 1. The second-order valence-corrected chi connectivity index (χ2v) is 4.75. The predicted molar refractivity (Wildman–Crippen MR) is 53.5 cm³/mol. The molecule has 78 valence electrons. The van der Waals surface area contributed by atoms with E-state index in [4.69, 9.17) is 11.6 Å². The van der Waals surface area contributed by atoms with Crippen LogP contribution in [0.2, 0.25) is 5.02 Å². The Bertz CT molecular complexity index is 430. The molecule has 0 aromatic heterocycles. The maximum Gasteiger partial charge on any atom is 0.262 e. The zero-order chi connectivity index (χ0) is 10.8. The first-order valence-corrected chi connectivity index (χ1v) is 5.64. The molecular formula is C8H10ClNO3S. The van der Waals surface area contributed by atoms with Gasteiger partial charge in [0, 0.05) is 5.02 Å². The smallest absolute Gasteiger partial charge is 0.262 e. The fourth-order valence-corrected chi connectivity index (χ4v) is 1.98. The van der Waals surface area contributed by atoms with E-state index in [1.54, 1.807) is 13.0 Å². The van der Waals surface area contributed by atoms with Crippen LogP contribution in [-0.4, -0.2) is 15.5 Å². The van der Waals surface area contributed by atoms with Crippen molar-refractivity contribution >= 4 is 21.6 Å². The zero-order valence-corrected chi connectivity index (χ0v) is 9.32. The lowest BCUT2D eigenvalue weighted by atomic mass is 10.2. The third-order valence-corrected chi connectivity index (χ3v) is 3.31. The minimum absolute atomic E-state index is 0.0787. The lowest BCUT2D eigenvalue weighted by Gasteiger charge is -2.05. The summed E-state index contributed by atoms with van der Waals surface area (Å²) in [6, 6.07) is 4.47. The first-order valence-electron chi connectivity index (χ1n) is 3.78. The standard InChI is InChI=1S/C8H10ClNO3S/c1-6-3-4-7(5-8(6)9)14(11,12)10-13-2/h3-5,10H,1-2H3. The van der Waals surface area contributed by atoms with Gasteiger partial charge in [-0.1, -0.05) is 22.6 Å². The van der Waals surface area contributed by atoms with Gasteiger partial charge in [0.15, 0.2) is 0 Å². The summed E-state index contributed by atoms with van der Waals surface area (Å²) in [7, 11) is -2.38. The SMILES string of the molecule is CONS(=O)(=O)c1ccc(C)c(Cl)c1. The molecule has 0 aliphatic carbocycles. The molecule has 1 N–H and O–H groups in total. The minimum Gasteiger partial charge on any atom is -0.290 e. The van der Waals surface area contributed by atoms with Crippen LogP contribution in [0.4, 0.5) is 0 Å². The Labute approximate surface area is 87.8 Å². The predicted octanol–water partition coefficient (Wildman–Crippen LogP) is 1.49. The Balaban J connectivity index is 3.15. The fraction of sp³-hybridized carbons (Fsp3) is 0.250. The van der Waals surface area contributed by atoms with E-state index in [-0.39, 0.29) is 4.90 Å². The van der Waals surface area contributed by atoms with Gasteiger partial charge in [0.2, 0.25) is 0 Å². The molecule has 0 heterocycles. The van der Waals surface area contributed by atoms with Crippen molar-refractivity contribution in [1.82, 2.24) is 4.89 Å². The van der Waals surface area contributed by atoms with Crippen LogP contribution in [0.25, 0.3) is 0 Å². The normalized spacial score (nSPS) is 11.6. The Kier molecular flexibility index (Phi) is 3.49. The van der Waals surface area contributed by atoms with Crippen molar-refractivity contribution in [3.05, 3.63) is 28.8 Å². The second-order valence-electron chi connectivity index (χ2n) is 2.70. The lowest BCUT2D eigenvalue weighted by molar-refractivity contribution is 0.153. The Morgan fingerprint density at radius 2 is 2.07 bits per heavy atom. The van der Waals surface area contributed by atoms with E-state index >= 15 is 0 Å². The third-order valence-electron chi connectivity index (χ3n) is 1.65. The number of benzene rings is 1. The van der Waals surface area contributed by atoms with E-state index in [1.165, 1.54) is 19.2 Å². The molecule has 0 amide bonds. The number of halogens is 1. The number of sulfonamides is 1. The molecule has 0 bridgehead atoms. The van der Waals surface area contributed by atoms with Crippen molar-refractivity contribution < 1.29 is 13.3 Å². The van der Waals surface area contributed by atoms with Crippen molar-refractivity contribution in [2.45, 2.75) is 11.8 Å². The highest BCUT2D eigenvalue weighted by molar-refractivity contribution is 7.89. The van der Waals surface area contributed by atoms with Gasteiger partial charge in [-0.2, -0.15) is 0 Å². The summed E-state index contributed by atoms with van der Waals surface area (Å²) in [4.78, 5) is 6.33. The number of rotatable bonds is 3. The number of hydrogen-bond acceptors (Lipinski definition) is 3. The van der Waals surface area contributed by atoms with Gasteiger partial charge < -0.3 is 0 Å². The molecule has 0 radical (unpaired) electrons. The maximum absolute atomic E-state index is 11.4. The molecule has 1 aromatic carbocycles. The van der Waals surface area contributed by atoms with E-state index < -0.39 is 10.0 Å². The third kappa shape index (κ3) is 2.45. The van der Waals surface area contributed by atoms with Crippen LogP contribution in [0.1, 0.15) is 5.56 Å². The van der Waals surface area contributed by atoms with E-state index in [2.05, 4.69) is 4.84 Å². The Morgan fingerprint density at radius 3 is 2.57 bits per heavy atom. The van der Waals surface area contributed by atoms with Gasteiger partial charge in [-0.3, -0.25) is 4.84 Å². The molecule has 1 rings (SSSR count). The first-order chi connectivity index (χ1) is 6.47. The molecule has 0 aliphatic rings. The molecule has 1 aromatic rings. The fourth-order valence-electron chi connectivity index (χ4n) is 0.899. The lowest BCUT2D eigenvalue weighted by Crippen LogP contribution is -2.22. The highest BCUT2D eigenvalue weighted by atomic mass is 35.5. The minimum atomic E-state index is -3.61. The molecule has 0 saturated carbocycles. The molecule has 0 unspecified atom stereocenters. The summed E-state index contributed by atoms with van der Waals surface area (Å²) in [5.41, 5.74) is 0.822. The van der Waals surface area contributed by atoms with Crippen LogP contribution in [-0.2, 0) is 14.9 Å². The number of aryl methyl sites for hydroxylation is 1. The summed E-state index contributed by atoms with van der Waals surface area (Å²) in [6.45, 7) is 1.79.